The van der Waals surface area contributed by atoms with Gasteiger partial charge in [0.25, 0.3) is 0 Å². The van der Waals surface area contributed by atoms with Crippen LogP contribution in [0.5, 0.6) is 0 Å². The van der Waals surface area contributed by atoms with Crippen molar-refractivity contribution in [3.63, 3.8) is 0 Å². The minimum absolute atomic E-state index is 0.0798. The first-order valence-corrected chi connectivity index (χ1v) is 14.2. The molecular formula is C27H36BrN3O5. The highest BCUT2D eigenvalue weighted by Crippen LogP contribution is 2.60. The molecule has 3 saturated heterocycles. The predicted molar refractivity (Wildman–Crippen MR) is 137 cm³/mol. The summed E-state index contributed by atoms with van der Waals surface area (Å²) in [6.45, 7) is 2.00. The van der Waals surface area contributed by atoms with Crippen molar-refractivity contribution in [2.45, 2.75) is 93.1 Å². The van der Waals surface area contributed by atoms with Crippen LogP contribution in [0.3, 0.4) is 0 Å². The molecule has 3 N–H and O–H groups in total. The van der Waals surface area contributed by atoms with Gasteiger partial charge in [-0.2, -0.15) is 0 Å². The second-order valence-corrected chi connectivity index (χ2v) is 11.9. The molecule has 196 valence electrons. The maximum absolute atomic E-state index is 14.0. The highest BCUT2D eigenvalue weighted by molar-refractivity contribution is 9.09. The quantitative estimate of drug-likeness (QED) is 0.422. The molecule has 0 radical (unpaired) electrons. The molecule has 1 saturated carbocycles. The standard InChI is InChI=1S/C27H36BrN3O5/c1-2-18(15-32)31-23(25(34)30-17-11-7-4-8-12-17)27-13-19(28)22(36-27)20(21(27)26(31)35)24(33)29-14-16-9-5-3-6-10-16/h3,5-6,9-10,17-23,32H,2,4,7-8,11-15H2,1H3,(H,29,33)(H,30,34)/t18-,19?,20+,21-,22+,23?,27?/m0/s1. The number of ether oxygens (including phenoxy) is 1. The SMILES string of the molecule is CC[C@@H](CO)N1C(=O)[C@@H]2[C@@H](C(=O)NCc3ccccc3)[C@@H]3OC2(CC3Br)C1C(=O)NC1CCCCC1. The van der Waals surface area contributed by atoms with Gasteiger partial charge in [0.15, 0.2) is 0 Å². The molecule has 9 heteroatoms. The number of aliphatic hydroxyl groups excluding tert-OH is 1. The van der Waals surface area contributed by atoms with Gasteiger partial charge >= 0.3 is 0 Å². The first-order valence-electron chi connectivity index (χ1n) is 13.3. The Morgan fingerprint density at radius 3 is 2.58 bits per heavy atom. The third-order valence-electron chi connectivity index (χ3n) is 8.61. The number of hydrogen-bond acceptors (Lipinski definition) is 5. The third-order valence-corrected chi connectivity index (χ3v) is 9.46. The van der Waals surface area contributed by atoms with Crippen molar-refractivity contribution < 1.29 is 24.2 Å². The molecular weight excluding hydrogens is 526 g/mol. The minimum atomic E-state index is -1.09. The predicted octanol–water partition coefficient (Wildman–Crippen LogP) is 2.27. The maximum atomic E-state index is 14.0. The number of fused-ring (bicyclic) bond motifs is 1. The van der Waals surface area contributed by atoms with Crippen LogP contribution in [0.1, 0.15) is 57.4 Å². The Morgan fingerprint density at radius 1 is 1.19 bits per heavy atom. The zero-order valence-corrected chi connectivity index (χ0v) is 22.3. The summed E-state index contributed by atoms with van der Waals surface area (Å²) in [7, 11) is 0. The van der Waals surface area contributed by atoms with E-state index in [1.165, 1.54) is 6.42 Å². The van der Waals surface area contributed by atoms with Crippen LogP contribution in [-0.4, -0.2) is 69.0 Å². The van der Waals surface area contributed by atoms with E-state index in [1.54, 1.807) is 4.90 Å². The summed E-state index contributed by atoms with van der Waals surface area (Å²) >= 11 is 3.70. The third kappa shape index (κ3) is 4.27. The van der Waals surface area contributed by atoms with Gasteiger partial charge in [0.1, 0.15) is 11.6 Å². The second-order valence-electron chi connectivity index (χ2n) is 10.7. The lowest BCUT2D eigenvalue weighted by Gasteiger charge is -2.37. The number of likely N-dealkylation sites (tertiary alicyclic amines) is 1. The molecule has 3 heterocycles. The van der Waals surface area contributed by atoms with E-state index >= 15 is 0 Å². The Hall–Kier alpha value is -1.97. The molecule has 2 bridgehead atoms. The van der Waals surface area contributed by atoms with Crippen molar-refractivity contribution in [2.75, 3.05) is 6.61 Å². The van der Waals surface area contributed by atoms with Crippen molar-refractivity contribution in [1.82, 2.24) is 15.5 Å². The van der Waals surface area contributed by atoms with E-state index in [1.807, 2.05) is 37.3 Å². The summed E-state index contributed by atoms with van der Waals surface area (Å²) in [4.78, 5) is 42.7. The highest BCUT2D eigenvalue weighted by atomic mass is 79.9. The van der Waals surface area contributed by atoms with Gasteiger partial charge in [0.2, 0.25) is 17.7 Å². The molecule has 4 aliphatic rings. The molecule has 7 atom stereocenters. The summed E-state index contributed by atoms with van der Waals surface area (Å²) in [5, 5.41) is 16.3. The summed E-state index contributed by atoms with van der Waals surface area (Å²) < 4.78 is 6.53. The molecule has 3 aliphatic heterocycles. The first-order chi connectivity index (χ1) is 17.4. The fraction of sp³-hybridized carbons (Fsp3) is 0.667. The largest absolute Gasteiger partial charge is 0.394 e. The zero-order valence-electron chi connectivity index (χ0n) is 20.7. The number of alkyl halides is 1. The van der Waals surface area contributed by atoms with E-state index in [0.717, 1.165) is 31.2 Å². The smallest absolute Gasteiger partial charge is 0.246 e. The van der Waals surface area contributed by atoms with Gasteiger partial charge in [-0.1, -0.05) is 72.4 Å². The Balaban J connectivity index is 1.44. The Morgan fingerprint density at radius 2 is 1.92 bits per heavy atom. The number of halogens is 1. The average Bonchev–Trinajstić information content (AvgIpc) is 3.48. The molecule has 36 heavy (non-hydrogen) atoms. The number of rotatable bonds is 8. The van der Waals surface area contributed by atoms with Gasteiger partial charge in [-0.15, -0.1) is 0 Å². The fourth-order valence-electron chi connectivity index (χ4n) is 6.90. The summed E-state index contributed by atoms with van der Waals surface area (Å²) in [5.41, 5.74) is -0.123. The number of carbonyl (C=O) groups excluding carboxylic acids is 3. The molecule has 8 nitrogen and oxygen atoms in total. The Bertz CT molecular complexity index is 983. The van der Waals surface area contributed by atoms with Crippen molar-refractivity contribution in [3.05, 3.63) is 35.9 Å². The van der Waals surface area contributed by atoms with Crippen LogP contribution in [0.4, 0.5) is 0 Å². The van der Waals surface area contributed by atoms with Crippen molar-refractivity contribution in [1.29, 1.82) is 0 Å². The molecule has 5 rings (SSSR count). The maximum Gasteiger partial charge on any atom is 0.246 e. The van der Waals surface area contributed by atoms with Crippen LogP contribution >= 0.6 is 15.9 Å². The van der Waals surface area contributed by atoms with Crippen LogP contribution < -0.4 is 10.6 Å². The van der Waals surface area contributed by atoms with Crippen LogP contribution in [0.15, 0.2) is 30.3 Å². The Kier molecular flexibility index (Phi) is 7.43. The van der Waals surface area contributed by atoms with Gasteiger partial charge in [-0.05, 0) is 31.2 Å². The van der Waals surface area contributed by atoms with E-state index in [4.69, 9.17) is 4.74 Å². The van der Waals surface area contributed by atoms with E-state index < -0.39 is 35.6 Å². The number of amides is 3. The van der Waals surface area contributed by atoms with E-state index in [2.05, 4.69) is 26.6 Å². The van der Waals surface area contributed by atoms with Crippen LogP contribution in [0.25, 0.3) is 0 Å². The highest BCUT2D eigenvalue weighted by Gasteiger charge is 2.77. The minimum Gasteiger partial charge on any atom is -0.394 e. The topological polar surface area (TPSA) is 108 Å². The van der Waals surface area contributed by atoms with Gasteiger partial charge in [0, 0.05) is 17.4 Å². The van der Waals surface area contributed by atoms with Gasteiger partial charge in [0.05, 0.1) is 30.6 Å². The van der Waals surface area contributed by atoms with E-state index in [0.29, 0.717) is 19.4 Å². The summed E-state index contributed by atoms with van der Waals surface area (Å²) in [6, 6.07) is 8.33. The van der Waals surface area contributed by atoms with Crippen molar-refractivity contribution >= 4 is 33.7 Å². The van der Waals surface area contributed by atoms with Gasteiger partial charge in [-0.25, -0.2) is 0 Å². The lowest BCUT2D eigenvalue weighted by Crippen LogP contribution is -2.59. The Labute approximate surface area is 220 Å². The monoisotopic (exact) mass is 561 g/mol. The fourth-order valence-corrected chi connectivity index (χ4v) is 7.85. The van der Waals surface area contributed by atoms with Gasteiger partial charge in [-0.3, -0.25) is 14.4 Å². The number of nitrogens with one attached hydrogen (secondary N) is 2. The van der Waals surface area contributed by atoms with Crippen molar-refractivity contribution in [3.8, 4) is 0 Å². The first kappa shape index (κ1) is 25.7. The summed E-state index contributed by atoms with van der Waals surface area (Å²) in [6.07, 6.45) is 5.66. The second kappa shape index (κ2) is 10.4. The molecule has 1 aromatic carbocycles. The number of benzene rings is 1. The number of aliphatic hydroxyl groups is 1. The molecule has 1 aliphatic carbocycles. The molecule has 1 spiro atoms. The molecule has 3 amide bonds. The van der Waals surface area contributed by atoms with Crippen molar-refractivity contribution in [2.24, 2.45) is 11.8 Å². The average molecular weight is 563 g/mol. The molecule has 1 aromatic rings. The van der Waals surface area contributed by atoms with Gasteiger partial charge < -0.3 is 25.4 Å². The van der Waals surface area contributed by atoms with Crippen LogP contribution in [0, 0.1) is 11.8 Å². The number of carbonyl (C=O) groups is 3. The normalized spacial score (nSPS) is 34.5. The molecule has 0 aromatic heterocycles. The molecule has 4 fully saturated rings. The van der Waals surface area contributed by atoms with E-state index in [-0.39, 0.29) is 35.2 Å². The van der Waals surface area contributed by atoms with Crippen LogP contribution in [0.2, 0.25) is 0 Å². The van der Waals surface area contributed by atoms with Crippen LogP contribution in [-0.2, 0) is 25.7 Å². The lowest BCUT2D eigenvalue weighted by atomic mass is 9.70. The summed E-state index contributed by atoms with van der Waals surface area (Å²) in [5.74, 6) is -2.18. The molecule has 3 unspecified atom stereocenters. The lowest BCUT2D eigenvalue weighted by molar-refractivity contribution is -0.146. The number of hydrogen-bond donors (Lipinski definition) is 3. The zero-order chi connectivity index (χ0) is 25.4. The van der Waals surface area contributed by atoms with E-state index in [9.17, 15) is 19.5 Å². The number of nitrogens with zero attached hydrogens (tertiary/aromatic N) is 1.